The molecule has 11 heteroatoms. The van der Waals surface area contributed by atoms with E-state index in [0.29, 0.717) is 34.1 Å². The maximum atomic E-state index is 13.4. The topological polar surface area (TPSA) is 114 Å². The first-order valence-electron chi connectivity index (χ1n) is 10.8. The molecule has 2 aromatic carbocycles. The van der Waals surface area contributed by atoms with Crippen LogP contribution < -0.4 is 19.5 Å². The summed E-state index contributed by atoms with van der Waals surface area (Å²) in [6.45, 7) is 4.09. The predicted molar refractivity (Wildman–Crippen MR) is 124 cm³/mol. The number of hydrogen-bond donors (Lipinski definition) is 1. The number of amides is 2. The van der Waals surface area contributed by atoms with Crippen molar-refractivity contribution in [3.05, 3.63) is 41.5 Å². The van der Waals surface area contributed by atoms with E-state index < -0.39 is 16.1 Å². The van der Waals surface area contributed by atoms with Crippen molar-refractivity contribution >= 4 is 27.5 Å². The van der Waals surface area contributed by atoms with Crippen LogP contribution in [0.4, 0.5) is 5.69 Å². The molecule has 0 radical (unpaired) electrons. The molecule has 1 N–H and O–H groups in total. The second-order valence-electron chi connectivity index (χ2n) is 8.13. The molecule has 2 heterocycles. The minimum Gasteiger partial charge on any atom is -0.493 e. The van der Waals surface area contributed by atoms with Gasteiger partial charge in [-0.3, -0.25) is 9.59 Å². The van der Waals surface area contributed by atoms with E-state index in [4.69, 9.17) is 14.2 Å². The van der Waals surface area contributed by atoms with Crippen molar-refractivity contribution in [1.82, 2.24) is 9.21 Å². The average molecular weight is 490 g/mol. The van der Waals surface area contributed by atoms with Crippen molar-refractivity contribution in [3.8, 4) is 17.2 Å². The first-order valence-corrected chi connectivity index (χ1v) is 12.2. The van der Waals surface area contributed by atoms with Gasteiger partial charge in [0, 0.05) is 37.8 Å². The molecule has 1 saturated heterocycles. The molecule has 0 bridgehead atoms. The largest absolute Gasteiger partial charge is 0.493 e. The van der Waals surface area contributed by atoms with Crippen molar-refractivity contribution in [2.75, 3.05) is 45.7 Å². The van der Waals surface area contributed by atoms with E-state index >= 15 is 0 Å². The fourth-order valence-electron chi connectivity index (χ4n) is 4.04. The summed E-state index contributed by atoms with van der Waals surface area (Å²) in [5.41, 5.74) is 1.39. The van der Waals surface area contributed by atoms with Gasteiger partial charge in [-0.15, -0.1) is 0 Å². The van der Waals surface area contributed by atoms with Crippen LogP contribution in [-0.2, 0) is 14.8 Å². The van der Waals surface area contributed by atoms with Gasteiger partial charge in [-0.05, 0) is 43.7 Å². The fraction of sp³-hybridized carbons (Fsp3) is 0.391. The van der Waals surface area contributed by atoms with Crippen LogP contribution in [-0.4, -0.2) is 75.9 Å². The van der Waals surface area contributed by atoms with E-state index in [0.717, 1.165) is 0 Å². The molecule has 182 valence electrons. The third-order valence-electron chi connectivity index (χ3n) is 5.98. The number of nitrogens with one attached hydrogen (secondary N) is 1. The summed E-state index contributed by atoms with van der Waals surface area (Å²) in [5, 5.41) is 2.72. The molecule has 0 saturated carbocycles. The number of ether oxygens (including phenoxy) is 3. The van der Waals surface area contributed by atoms with Crippen LogP contribution in [0.5, 0.6) is 17.2 Å². The molecular formula is C23H27N3O7S. The molecule has 1 atom stereocenters. The maximum absolute atomic E-state index is 13.4. The standard InChI is InChI=1S/C23H27N3O7S/c1-14-11-17-19(33-15(2)22(27)24-17)13-21(14)34(29,30)26-9-7-25(8-10-26)23(28)16-5-6-18(31-3)20(12-16)32-4/h5-6,11-13,15H,7-10H2,1-4H3,(H,24,27)/t15-/m0/s1. The summed E-state index contributed by atoms with van der Waals surface area (Å²) in [7, 11) is -0.807. The quantitative estimate of drug-likeness (QED) is 0.682. The van der Waals surface area contributed by atoms with Crippen LogP contribution in [0, 0.1) is 6.92 Å². The van der Waals surface area contributed by atoms with Gasteiger partial charge in [0.1, 0.15) is 5.75 Å². The fourth-order valence-corrected chi connectivity index (χ4v) is 5.69. The van der Waals surface area contributed by atoms with Crippen molar-refractivity contribution in [2.45, 2.75) is 24.8 Å². The Bertz CT molecular complexity index is 1240. The average Bonchev–Trinajstić information content (AvgIpc) is 2.83. The number of fused-ring (bicyclic) bond motifs is 1. The van der Waals surface area contributed by atoms with E-state index in [1.165, 1.54) is 24.6 Å². The molecule has 10 nitrogen and oxygen atoms in total. The minimum atomic E-state index is -3.82. The Kier molecular flexibility index (Phi) is 6.41. The molecule has 2 amide bonds. The zero-order valence-electron chi connectivity index (χ0n) is 19.5. The van der Waals surface area contributed by atoms with Crippen LogP contribution in [0.15, 0.2) is 35.2 Å². The molecule has 0 unspecified atom stereocenters. The molecule has 0 spiro atoms. The number of piperazine rings is 1. The SMILES string of the molecule is COc1ccc(C(=O)N2CCN(S(=O)(=O)c3cc4c(cc3C)NC(=O)[C@H](C)O4)CC2)cc1OC. The Hall–Kier alpha value is -3.31. The number of benzene rings is 2. The van der Waals surface area contributed by atoms with Gasteiger partial charge in [0.15, 0.2) is 17.6 Å². The summed E-state index contributed by atoms with van der Waals surface area (Å²) in [6, 6.07) is 7.99. The molecule has 2 aromatic rings. The Morgan fingerprint density at radius 1 is 1.06 bits per heavy atom. The van der Waals surface area contributed by atoms with E-state index in [-0.39, 0.29) is 42.9 Å². The zero-order valence-corrected chi connectivity index (χ0v) is 20.3. The van der Waals surface area contributed by atoms with E-state index in [1.807, 2.05) is 0 Å². The third kappa shape index (κ3) is 4.28. The number of nitrogens with zero attached hydrogens (tertiary/aromatic N) is 2. The van der Waals surface area contributed by atoms with Crippen LogP contribution in [0.1, 0.15) is 22.8 Å². The van der Waals surface area contributed by atoms with Gasteiger partial charge in [-0.25, -0.2) is 8.42 Å². The highest BCUT2D eigenvalue weighted by Gasteiger charge is 2.33. The molecule has 0 aliphatic carbocycles. The molecule has 2 aliphatic rings. The highest BCUT2D eigenvalue weighted by Crippen LogP contribution is 2.35. The predicted octanol–water partition coefficient (Wildman–Crippen LogP) is 1.88. The van der Waals surface area contributed by atoms with Crippen LogP contribution in [0.25, 0.3) is 0 Å². The van der Waals surface area contributed by atoms with Crippen molar-refractivity contribution < 1.29 is 32.2 Å². The lowest BCUT2D eigenvalue weighted by Crippen LogP contribution is -2.50. The summed E-state index contributed by atoms with van der Waals surface area (Å²) in [5.74, 6) is 0.802. The van der Waals surface area contributed by atoms with Crippen molar-refractivity contribution in [3.63, 3.8) is 0 Å². The van der Waals surface area contributed by atoms with E-state index in [9.17, 15) is 18.0 Å². The van der Waals surface area contributed by atoms with Gasteiger partial charge in [-0.2, -0.15) is 4.31 Å². The molecule has 2 aliphatic heterocycles. The Morgan fingerprint density at radius 2 is 1.74 bits per heavy atom. The van der Waals surface area contributed by atoms with Gasteiger partial charge in [0.05, 0.1) is 24.8 Å². The minimum absolute atomic E-state index is 0.120. The molecule has 0 aromatic heterocycles. The number of methoxy groups -OCH3 is 2. The number of carbonyl (C=O) groups excluding carboxylic acids is 2. The smallest absolute Gasteiger partial charge is 0.265 e. The lowest BCUT2D eigenvalue weighted by Gasteiger charge is -2.34. The first kappa shape index (κ1) is 23.8. The lowest BCUT2D eigenvalue weighted by molar-refractivity contribution is -0.122. The van der Waals surface area contributed by atoms with Gasteiger partial charge < -0.3 is 24.4 Å². The molecule has 4 rings (SSSR count). The second-order valence-corrected chi connectivity index (χ2v) is 10.0. The summed E-state index contributed by atoms with van der Waals surface area (Å²) in [6.07, 6.45) is -0.711. The lowest BCUT2D eigenvalue weighted by atomic mass is 10.1. The zero-order chi connectivity index (χ0) is 24.6. The van der Waals surface area contributed by atoms with Crippen LogP contribution in [0.3, 0.4) is 0 Å². The summed E-state index contributed by atoms with van der Waals surface area (Å²) in [4.78, 5) is 26.6. The van der Waals surface area contributed by atoms with Gasteiger partial charge in [0.25, 0.3) is 11.8 Å². The Balaban J connectivity index is 1.49. The maximum Gasteiger partial charge on any atom is 0.265 e. The Morgan fingerprint density at radius 3 is 2.38 bits per heavy atom. The first-order chi connectivity index (χ1) is 16.1. The molecule has 34 heavy (non-hydrogen) atoms. The van der Waals surface area contributed by atoms with Crippen LogP contribution >= 0.6 is 0 Å². The van der Waals surface area contributed by atoms with E-state index in [2.05, 4.69) is 5.32 Å². The van der Waals surface area contributed by atoms with Crippen molar-refractivity contribution in [1.29, 1.82) is 0 Å². The third-order valence-corrected chi connectivity index (χ3v) is 8.02. The van der Waals surface area contributed by atoms with Crippen molar-refractivity contribution in [2.24, 2.45) is 0 Å². The van der Waals surface area contributed by atoms with Gasteiger partial charge >= 0.3 is 0 Å². The number of anilines is 1. The van der Waals surface area contributed by atoms with Gasteiger partial charge in [0.2, 0.25) is 10.0 Å². The second kappa shape index (κ2) is 9.15. The Labute approximate surface area is 198 Å². The number of sulfonamides is 1. The number of aryl methyl sites for hydroxylation is 1. The molecular weight excluding hydrogens is 462 g/mol. The monoisotopic (exact) mass is 489 g/mol. The van der Waals surface area contributed by atoms with Crippen LogP contribution in [0.2, 0.25) is 0 Å². The summed E-state index contributed by atoms with van der Waals surface area (Å²) < 4.78 is 44.2. The highest BCUT2D eigenvalue weighted by atomic mass is 32.2. The normalized spacial score (nSPS) is 18.5. The molecule has 1 fully saturated rings. The highest BCUT2D eigenvalue weighted by molar-refractivity contribution is 7.89. The number of hydrogen-bond acceptors (Lipinski definition) is 7. The number of rotatable bonds is 5. The number of carbonyl (C=O) groups is 2. The summed E-state index contributed by atoms with van der Waals surface area (Å²) >= 11 is 0. The van der Waals surface area contributed by atoms with E-state index in [1.54, 1.807) is 43.0 Å². The van der Waals surface area contributed by atoms with Gasteiger partial charge in [-0.1, -0.05) is 0 Å².